The summed E-state index contributed by atoms with van der Waals surface area (Å²) in [6, 6.07) is 7.86. The Labute approximate surface area is 189 Å². The van der Waals surface area contributed by atoms with Gasteiger partial charge in [-0.2, -0.15) is 0 Å². The summed E-state index contributed by atoms with van der Waals surface area (Å²) in [5.74, 6) is 1.21. The van der Waals surface area contributed by atoms with Crippen molar-refractivity contribution in [3.05, 3.63) is 42.1 Å². The number of carbonyl (C=O) groups is 2. The fourth-order valence-corrected chi connectivity index (χ4v) is 3.39. The van der Waals surface area contributed by atoms with E-state index in [9.17, 15) is 14.7 Å². The molecule has 0 fully saturated rings. The topological polar surface area (TPSA) is 101 Å². The van der Waals surface area contributed by atoms with E-state index < -0.39 is 29.0 Å². The molecule has 32 heavy (non-hydrogen) atoms. The maximum atomic E-state index is 13.1. The number of nitrogens with one attached hydrogen (secondary N) is 1. The van der Waals surface area contributed by atoms with Crippen molar-refractivity contribution in [2.45, 2.75) is 60.0 Å². The molecule has 2 rings (SSSR count). The van der Waals surface area contributed by atoms with Crippen molar-refractivity contribution in [1.29, 1.82) is 0 Å². The molecule has 174 valence electrons. The van der Waals surface area contributed by atoms with Crippen LogP contribution in [0.25, 0.3) is 0 Å². The molecule has 1 aromatic carbocycles. The first-order valence-corrected chi connectivity index (χ1v) is 10.4. The molecule has 2 aromatic rings. The molecule has 2 amide bonds. The molecule has 0 spiro atoms. The SMILES string of the molecule is COc1cc(Oc2ccc(NC(=O)C(N(C(=O)O)C(C)(C)C)C(C)(C)C)cn2)ccc1C. The molecule has 8 heteroatoms. The minimum absolute atomic E-state index is 0.350. The molecule has 0 radical (unpaired) electrons. The predicted octanol–water partition coefficient (Wildman–Crippen LogP) is 5.32. The van der Waals surface area contributed by atoms with E-state index in [0.717, 1.165) is 5.56 Å². The highest BCUT2D eigenvalue weighted by molar-refractivity contribution is 5.97. The van der Waals surface area contributed by atoms with Gasteiger partial charge in [-0.05, 0) is 50.8 Å². The predicted molar refractivity (Wildman–Crippen MR) is 124 cm³/mol. The van der Waals surface area contributed by atoms with Crippen molar-refractivity contribution < 1.29 is 24.2 Å². The van der Waals surface area contributed by atoms with Crippen LogP contribution in [0.15, 0.2) is 36.5 Å². The summed E-state index contributed by atoms with van der Waals surface area (Å²) in [4.78, 5) is 30.6. The number of amides is 2. The van der Waals surface area contributed by atoms with Crippen LogP contribution in [0.4, 0.5) is 10.5 Å². The highest BCUT2D eigenvalue weighted by Crippen LogP contribution is 2.31. The fraction of sp³-hybridized carbons (Fsp3) is 0.458. The van der Waals surface area contributed by atoms with Crippen LogP contribution in [0.1, 0.15) is 47.1 Å². The highest BCUT2D eigenvalue weighted by atomic mass is 16.5. The van der Waals surface area contributed by atoms with Crippen LogP contribution >= 0.6 is 0 Å². The Hall–Kier alpha value is -3.29. The number of anilines is 1. The Balaban J connectivity index is 2.20. The molecule has 1 atom stereocenters. The molecule has 1 unspecified atom stereocenters. The smallest absolute Gasteiger partial charge is 0.408 e. The van der Waals surface area contributed by atoms with Crippen LogP contribution in [0, 0.1) is 12.3 Å². The van der Waals surface area contributed by atoms with Crippen LogP contribution in [0.2, 0.25) is 0 Å². The fourth-order valence-electron chi connectivity index (χ4n) is 3.39. The van der Waals surface area contributed by atoms with Crippen molar-refractivity contribution in [3.8, 4) is 17.4 Å². The first kappa shape index (κ1) is 25.0. The van der Waals surface area contributed by atoms with Gasteiger partial charge in [-0.3, -0.25) is 9.69 Å². The van der Waals surface area contributed by atoms with Crippen molar-refractivity contribution in [2.75, 3.05) is 12.4 Å². The van der Waals surface area contributed by atoms with Gasteiger partial charge in [0.05, 0.1) is 19.0 Å². The Morgan fingerprint density at radius 3 is 2.22 bits per heavy atom. The zero-order valence-electron chi connectivity index (χ0n) is 20.0. The third-order valence-corrected chi connectivity index (χ3v) is 4.86. The van der Waals surface area contributed by atoms with E-state index >= 15 is 0 Å². The van der Waals surface area contributed by atoms with Crippen LogP contribution in [0.3, 0.4) is 0 Å². The minimum atomic E-state index is -1.15. The number of hydrogen-bond acceptors (Lipinski definition) is 5. The van der Waals surface area contributed by atoms with E-state index in [4.69, 9.17) is 9.47 Å². The first-order valence-electron chi connectivity index (χ1n) is 10.4. The Morgan fingerprint density at radius 2 is 1.75 bits per heavy atom. The number of methoxy groups -OCH3 is 1. The number of carbonyl (C=O) groups excluding carboxylic acids is 1. The molecule has 0 aliphatic heterocycles. The third kappa shape index (κ3) is 6.12. The van der Waals surface area contributed by atoms with Gasteiger partial charge in [0.15, 0.2) is 0 Å². The zero-order valence-corrected chi connectivity index (χ0v) is 20.0. The summed E-state index contributed by atoms with van der Waals surface area (Å²) >= 11 is 0. The molecule has 1 aromatic heterocycles. The van der Waals surface area contributed by atoms with Crippen LogP contribution in [-0.2, 0) is 4.79 Å². The summed E-state index contributed by atoms with van der Waals surface area (Å²) in [5.41, 5.74) is 0.0466. The number of ether oxygens (including phenoxy) is 2. The largest absolute Gasteiger partial charge is 0.496 e. The number of aryl methyl sites for hydroxylation is 1. The van der Waals surface area contributed by atoms with E-state index in [0.29, 0.717) is 23.1 Å². The summed E-state index contributed by atoms with van der Waals surface area (Å²) in [7, 11) is 1.60. The second-order valence-corrected chi connectivity index (χ2v) is 9.70. The van der Waals surface area contributed by atoms with Gasteiger partial charge in [-0.25, -0.2) is 9.78 Å². The third-order valence-electron chi connectivity index (χ3n) is 4.86. The molecule has 0 saturated heterocycles. The normalized spacial score (nSPS) is 12.6. The molecular formula is C24H33N3O5. The van der Waals surface area contributed by atoms with Gasteiger partial charge in [-0.15, -0.1) is 0 Å². The van der Waals surface area contributed by atoms with E-state index in [2.05, 4.69) is 10.3 Å². The lowest BCUT2D eigenvalue weighted by atomic mass is 9.83. The van der Waals surface area contributed by atoms with Crippen molar-refractivity contribution in [1.82, 2.24) is 9.88 Å². The molecule has 0 aliphatic rings. The standard InChI is InChI=1S/C24H33N3O5/c1-15-9-11-17(13-18(15)31-8)32-19-12-10-16(14-25-19)26-21(28)20(23(2,3)4)27(22(29)30)24(5,6)7/h9-14,20H,1-8H3,(H,26,28)(H,29,30). The number of rotatable bonds is 6. The second-order valence-electron chi connectivity index (χ2n) is 9.70. The quantitative estimate of drug-likeness (QED) is 0.626. The van der Waals surface area contributed by atoms with Gasteiger partial charge in [0.2, 0.25) is 11.8 Å². The van der Waals surface area contributed by atoms with E-state index in [1.807, 2.05) is 39.8 Å². The number of benzene rings is 1. The number of nitrogens with zero attached hydrogens (tertiary/aromatic N) is 2. The zero-order chi connectivity index (χ0) is 24.3. The molecule has 2 N–H and O–H groups in total. The van der Waals surface area contributed by atoms with Crippen LogP contribution < -0.4 is 14.8 Å². The maximum absolute atomic E-state index is 13.1. The number of aromatic nitrogens is 1. The Kier molecular flexibility index (Phi) is 7.38. The summed E-state index contributed by atoms with van der Waals surface area (Å²) < 4.78 is 11.1. The Bertz CT molecular complexity index is 959. The average Bonchev–Trinajstić information content (AvgIpc) is 2.66. The van der Waals surface area contributed by atoms with Gasteiger partial charge in [0.25, 0.3) is 0 Å². The molecule has 0 saturated carbocycles. The Morgan fingerprint density at radius 1 is 1.09 bits per heavy atom. The van der Waals surface area contributed by atoms with E-state index in [1.165, 1.54) is 11.1 Å². The highest BCUT2D eigenvalue weighted by Gasteiger charge is 2.44. The molecule has 1 heterocycles. The van der Waals surface area contributed by atoms with Crippen molar-refractivity contribution in [3.63, 3.8) is 0 Å². The van der Waals surface area contributed by atoms with Gasteiger partial charge in [0, 0.05) is 17.7 Å². The lowest BCUT2D eigenvalue weighted by Gasteiger charge is -2.44. The average molecular weight is 444 g/mol. The van der Waals surface area contributed by atoms with E-state index in [-0.39, 0.29) is 0 Å². The number of hydrogen-bond donors (Lipinski definition) is 2. The summed E-state index contributed by atoms with van der Waals surface area (Å²) in [6.07, 6.45) is 0.323. The molecular weight excluding hydrogens is 410 g/mol. The summed E-state index contributed by atoms with van der Waals surface area (Å²) in [6.45, 7) is 12.7. The molecule has 0 bridgehead atoms. The van der Waals surface area contributed by atoms with Gasteiger partial charge < -0.3 is 19.9 Å². The monoisotopic (exact) mass is 443 g/mol. The minimum Gasteiger partial charge on any atom is -0.496 e. The second kappa shape index (κ2) is 9.46. The van der Waals surface area contributed by atoms with Crippen LogP contribution in [-0.4, -0.2) is 45.7 Å². The van der Waals surface area contributed by atoms with Crippen molar-refractivity contribution >= 4 is 17.7 Å². The lowest BCUT2D eigenvalue weighted by Crippen LogP contribution is -2.60. The number of carboxylic acid groups (broad SMARTS) is 1. The van der Waals surface area contributed by atoms with E-state index in [1.54, 1.807) is 46.1 Å². The van der Waals surface area contributed by atoms with Gasteiger partial charge in [-0.1, -0.05) is 26.8 Å². The van der Waals surface area contributed by atoms with Gasteiger partial charge >= 0.3 is 6.09 Å². The lowest BCUT2D eigenvalue weighted by molar-refractivity contribution is -0.126. The molecule has 8 nitrogen and oxygen atoms in total. The van der Waals surface area contributed by atoms with Crippen LogP contribution in [0.5, 0.6) is 17.4 Å². The van der Waals surface area contributed by atoms with Crippen molar-refractivity contribution in [2.24, 2.45) is 5.41 Å². The summed E-state index contributed by atoms with van der Waals surface area (Å²) in [5, 5.41) is 12.6. The van der Waals surface area contributed by atoms with Gasteiger partial charge in [0.1, 0.15) is 17.5 Å². The maximum Gasteiger partial charge on any atom is 0.408 e. The number of pyridine rings is 1. The molecule has 0 aliphatic carbocycles. The first-order chi connectivity index (χ1) is 14.7.